The van der Waals surface area contributed by atoms with Crippen molar-refractivity contribution in [2.24, 2.45) is 11.8 Å². The van der Waals surface area contributed by atoms with Gasteiger partial charge in [0.2, 0.25) is 0 Å². The number of pyridine rings is 1. The van der Waals surface area contributed by atoms with Gasteiger partial charge in [0, 0.05) is 17.1 Å². The van der Waals surface area contributed by atoms with Gasteiger partial charge in [-0.15, -0.1) is 0 Å². The number of benzene rings is 1. The number of carbonyl (C=O) groups excluding carboxylic acids is 2. The van der Waals surface area contributed by atoms with Gasteiger partial charge in [-0.05, 0) is 43.4 Å². The lowest BCUT2D eigenvalue weighted by Crippen LogP contribution is -2.45. The number of aromatic nitrogens is 1. The number of carbonyl (C=O) groups is 2. The molecule has 1 aromatic heterocycles. The molecule has 1 heterocycles. The minimum Gasteiger partial charge on any atom is -0.478 e. The molecule has 1 fully saturated rings. The average molecular weight is 453 g/mol. The highest BCUT2D eigenvalue weighted by atomic mass is 35.5. The molecule has 2 aromatic rings. The van der Waals surface area contributed by atoms with E-state index in [9.17, 15) is 9.59 Å². The van der Waals surface area contributed by atoms with E-state index in [2.05, 4.69) is 24.1 Å². The maximum atomic E-state index is 12.2. The number of halogens is 2. The molecule has 1 aromatic carbocycles. The van der Waals surface area contributed by atoms with Crippen LogP contribution in [-0.2, 0) is 14.3 Å². The number of rotatable bonds is 6. The first kappa shape index (κ1) is 22.6. The Balaban J connectivity index is 1.55. The maximum Gasteiger partial charge on any atom is 0.344 e. The molecule has 30 heavy (non-hydrogen) atoms. The highest BCUT2D eigenvalue weighted by Gasteiger charge is 2.28. The summed E-state index contributed by atoms with van der Waals surface area (Å²) < 4.78 is 10.6. The van der Waals surface area contributed by atoms with Crippen molar-refractivity contribution in [3.8, 4) is 5.75 Å². The summed E-state index contributed by atoms with van der Waals surface area (Å²) in [6, 6.07) is 5.30. The normalized spacial score (nSPS) is 21.3. The Labute approximate surface area is 186 Å². The fourth-order valence-corrected chi connectivity index (χ4v) is 4.35. The minimum atomic E-state index is -0.665. The lowest BCUT2D eigenvalue weighted by atomic mass is 9.78. The summed E-state index contributed by atoms with van der Waals surface area (Å²) in [6.45, 7) is 5.44. The number of nitrogens with one attached hydrogen (secondary N) is 1. The lowest BCUT2D eigenvalue weighted by Gasteiger charge is -2.34. The maximum absolute atomic E-state index is 12.2. The Morgan fingerprint density at radius 2 is 1.93 bits per heavy atom. The van der Waals surface area contributed by atoms with Gasteiger partial charge in [0.25, 0.3) is 5.91 Å². The SMILES string of the molecule is Cc1ccc2c(Cl)cc(Cl)c(OCC(=O)OCC(=O)N[C@@H]3CCC[C@@H](C)[C@H]3C)c2n1. The van der Waals surface area contributed by atoms with Crippen molar-refractivity contribution in [2.75, 3.05) is 13.2 Å². The predicted molar refractivity (Wildman–Crippen MR) is 117 cm³/mol. The fourth-order valence-electron chi connectivity index (χ4n) is 3.78. The van der Waals surface area contributed by atoms with E-state index in [4.69, 9.17) is 32.7 Å². The van der Waals surface area contributed by atoms with Crippen LogP contribution < -0.4 is 10.1 Å². The smallest absolute Gasteiger partial charge is 0.344 e. The Morgan fingerprint density at radius 1 is 1.17 bits per heavy atom. The van der Waals surface area contributed by atoms with Gasteiger partial charge in [0.1, 0.15) is 5.52 Å². The summed E-state index contributed by atoms with van der Waals surface area (Å²) in [5.74, 6) is 0.254. The van der Waals surface area contributed by atoms with E-state index in [1.165, 1.54) is 6.42 Å². The van der Waals surface area contributed by atoms with Crippen LogP contribution in [0.5, 0.6) is 5.75 Å². The lowest BCUT2D eigenvalue weighted by molar-refractivity contribution is -0.150. The molecule has 8 heteroatoms. The Morgan fingerprint density at radius 3 is 2.70 bits per heavy atom. The zero-order valence-corrected chi connectivity index (χ0v) is 18.8. The molecule has 1 N–H and O–H groups in total. The van der Waals surface area contributed by atoms with Gasteiger partial charge in [-0.3, -0.25) is 4.79 Å². The molecular weight excluding hydrogens is 427 g/mol. The molecule has 0 spiro atoms. The molecule has 3 rings (SSSR count). The van der Waals surface area contributed by atoms with E-state index in [0.29, 0.717) is 27.8 Å². The summed E-state index contributed by atoms with van der Waals surface area (Å²) in [5.41, 5.74) is 1.23. The van der Waals surface area contributed by atoms with Crippen LogP contribution in [0.2, 0.25) is 10.0 Å². The number of aryl methyl sites for hydroxylation is 1. The second kappa shape index (κ2) is 9.84. The molecule has 0 unspecified atom stereocenters. The highest BCUT2D eigenvalue weighted by Crippen LogP contribution is 2.37. The molecular formula is C22H26Cl2N2O4. The predicted octanol–water partition coefficient (Wildman–Crippen LogP) is 4.71. The van der Waals surface area contributed by atoms with Crippen molar-refractivity contribution in [3.63, 3.8) is 0 Å². The minimum absolute atomic E-state index is 0.116. The van der Waals surface area contributed by atoms with Crippen LogP contribution in [0.15, 0.2) is 18.2 Å². The van der Waals surface area contributed by atoms with Crippen LogP contribution in [0.3, 0.4) is 0 Å². The van der Waals surface area contributed by atoms with Crippen LogP contribution >= 0.6 is 23.2 Å². The summed E-state index contributed by atoms with van der Waals surface area (Å²) in [7, 11) is 0. The fraction of sp³-hybridized carbons (Fsp3) is 0.500. The van der Waals surface area contributed by atoms with Crippen LogP contribution in [0.1, 0.15) is 38.8 Å². The number of fused-ring (bicyclic) bond motifs is 1. The molecule has 1 aliphatic rings. The van der Waals surface area contributed by atoms with E-state index in [0.717, 1.165) is 18.5 Å². The number of ether oxygens (including phenoxy) is 2. The quantitative estimate of drug-likeness (QED) is 0.641. The third kappa shape index (κ3) is 5.35. The molecule has 162 valence electrons. The monoisotopic (exact) mass is 452 g/mol. The van der Waals surface area contributed by atoms with Gasteiger partial charge < -0.3 is 14.8 Å². The van der Waals surface area contributed by atoms with E-state index in [1.807, 2.05) is 19.1 Å². The number of nitrogens with zero attached hydrogens (tertiary/aromatic N) is 1. The van der Waals surface area contributed by atoms with Crippen molar-refractivity contribution in [2.45, 2.75) is 46.1 Å². The van der Waals surface area contributed by atoms with Gasteiger partial charge in [-0.1, -0.05) is 49.9 Å². The molecule has 6 nitrogen and oxygen atoms in total. The third-order valence-electron chi connectivity index (χ3n) is 5.73. The van der Waals surface area contributed by atoms with Crippen molar-refractivity contribution < 1.29 is 19.1 Å². The van der Waals surface area contributed by atoms with Crippen molar-refractivity contribution in [1.29, 1.82) is 0 Å². The van der Waals surface area contributed by atoms with Crippen LogP contribution in [0, 0.1) is 18.8 Å². The molecule has 0 saturated heterocycles. The van der Waals surface area contributed by atoms with Crippen LogP contribution in [0.4, 0.5) is 0 Å². The topological polar surface area (TPSA) is 77.5 Å². The second-order valence-corrected chi connectivity index (χ2v) is 8.72. The largest absolute Gasteiger partial charge is 0.478 e. The van der Waals surface area contributed by atoms with Gasteiger partial charge in [-0.25, -0.2) is 9.78 Å². The summed E-state index contributed by atoms with van der Waals surface area (Å²) in [5, 5.41) is 4.33. The number of amides is 1. The average Bonchev–Trinajstić information content (AvgIpc) is 2.69. The van der Waals surface area contributed by atoms with Gasteiger partial charge in [0.15, 0.2) is 19.0 Å². The van der Waals surface area contributed by atoms with Gasteiger partial charge in [-0.2, -0.15) is 0 Å². The van der Waals surface area contributed by atoms with E-state index >= 15 is 0 Å². The standard InChI is InChI=1S/C22H26Cl2N2O4/c1-12-5-4-6-18(14(12)3)26-19(27)10-29-20(28)11-30-22-17(24)9-16(23)15-8-7-13(2)25-21(15)22/h7-9,12,14,18H,4-6,10-11H2,1-3H3,(H,26,27)/t12-,14-,18-/m1/s1. The zero-order chi connectivity index (χ0) is 21.8. The van der Waals surface area contributed by atoms with E-state index in [1.54, 1.807) is 6.07 Å². The molecule has 3 atom stereocenters. The number of hydrogen-bond donors (Lipinski definition) is 1. The Hall–Kier alpha value is -2.05. The van der Waals surface area contributed by atoms with E-state index in [-0.39, 0.29) is 29.3 Å². The zero-order valence-electron chi connectivity index (χ0n) is 17.3. The van der Waals surface area contributed by atoms with Crippen LogP contribution in [-0.4, -0.2) is 36.1 Å². The van der Waals surface area contributed by atoms with Crippen LogP contribution in [0.25, 0.3) is 10.9 Å². The first-order valence-electron chi connectivity index (χ1n) is 10.1. The summed E-state index contributed by atoms with van der Waals surface area (Å²) >= 11 is 12.5. The Bertz CT molecular complexity index is 950. The molecule has 0 bridgehead atoms. The number of esters is 1. The second-order valence-electron chi connectivity index (χ2n) is 7.91. The molecule has 1 amide bonds. The van der Waals surface area contributed by atoms with Crippen molar-refractivity contribution >= 4 is 46.0 Å². The van der Waals surface area contributed by atoms with Gasteiger partial charge >= 0.3 is 5.97 Å². The molecule has 1 aliphatic carbocycles. The van der Waals surface area contributed by atoms with E-state index < -0.39 is 12.6 Å². The summed E-state index contributed by atoms with van der Waals surface area (Å²) in [6.07, 6.45) is 3.21. The first-order valence-corrected chi connectivity index (χ1v) is 10.8. The van der Waals surface area contributed by atoms with Gasteiger partial charge in [0.05, 0.1) is 10.0 Å². The van der Waals surface area contributed by atoms with Crippen molar-refractivity contribution in [1.82, 2.24) is 10.3 Å². The van der Waals surface area contributed by atoms with Crippen molar-refractivity contribution in [3.05, 3.63) is 33.9 Å². The molecule has 0 radical (unpaired) electrons. The molecule has 0 aliphatic heterocycles. The first-order chi connectivity index (χ1) is 14.3. The summed E-state index contributed by atoms with van der Waals surface area (Å²) in [4.78, 5) is 28.7. The molecule has 1 saturated carbocycles. The third-order valence-corrected chi connectivity index (χ3v) is 6.32. The number of hydrogen-bond acceptors (Lipinski definition) is 5. The highest BCUT2D eigenvalue weighted by molar-refractivity contribution is 6.39. The Kier molecular flexibility index (Phi) is 7.42.